The van der Waals surface area contributed by atoms with E-state index >= 15 is 0 Å². The van der Waals surface area contributed by atoms with Crippen molar-refractivity contribution in [3.05, 3.63) is 33.8 Å². The van der Waals surface area contributed by atoms with Crippen molar-refractivity contribution in [2.75, 3.05) is 13.7 Å². The normalized spacial score (nSPS) is 15.2. The summed E-state index contributed by atoms with van der Waals surface area (Å²) in [5.74, 6) is 0. The Morgan fingerprint density at radius 3 is 2.40 bits per heavy atom. The highest BCUT2D eigenvalue weighted by Gasteiger charge is 2.32. The van der Waals surface area contributed by atoms with E-state index in [1.54, 1.807) is 0 Å². The van der Waals surface area contributed by atoms with Crippen LogP contribution >= 0.6 is 23.2 Å². The fraction of sp³-hybridized carbons (Fsp3) is 0.625. The van der Waals surface area contributed by atoms with Gasteiger partial charge in [0.25, 0.3) is 0 Å². The van der Waals surface area contributed by atoms with Crippen LogP contribution in [0.5, 0.6) is 0 Å². The van der Waals surface area contributed by atoms with Crippen molar-refractivity contribution in [3.8, 4) is 0 Å². The quantitative estimate of drug-likeness (QED) is 0.829. The second kappa shape index (κ2) is 7.65. The molecule has 1 rings (SSSR count). The van der Waals surface area contributed by atoms with Crippen molar-refractivity contribution in [3.63, 3.8) is 0 Å². The average molecular weight is 318 g/mol. The van der Waals surface area contributed by atoms with Crippen molar-refractivity contribution in [1.82, 2.24) is 5.32 Å². The van der Waals surface area contributed by atoms with Crippen molar-refractivity contribution < 1.29 is 4.74 Å². The molecule has 20 heavy (non-hydrogen) atoms. The molecule has 0 spiro atoms. The molecule has 0 aliphatic heterocycles. The summed E-state index contributed by atoms with van der Waals surface area (Å²) in [6.45, 7) is 9.30. The van der Waals surface area contributed by atoms with E-state index in [0.717, 1.165) is 12.0 Å². The van der Waals surface area contributed by atoms with E-state index in [1.807, 2.05) is 32.2 Å². The molecular weight excluding hydrogens is 293 g/mol. The van der Waals surface area contributed by atoms with Crippen molar-refractivity contribution in [2.24, 2.45) is 5.41 Å². The highest BCUT2D eigenvalue weighted by Crippen LogP contribution is 2.30. The Bertz CT molecular complexity index is 429. The first-order valence-electron chi connectivity index (χ1n) is 7.03. The fourth-order valence-corrected chi connectivity index (χ4v) is 2.85. The van der Waals surface area contributed by atoms with Crippen LogP contribution in [-0.4, -0.2) is 25.8 Å². The maximum absolute atomic E-state index is 6.29. The molecule has 0 aliphatic rings. The summed E-state index contributed by atoms with van der Waals surface area (Å²) in [5, 5.41) is 4.60. The molecular formula is C16H25Cl2NO. The Hall–Kier alpha value is -0.280. The molecule has 1 N–H and O–H groups in total. The van der Waals surface area contributed by atoms with Crippen LogP contribution in [0, 0.1) is 5.41 Å². The Labute approximate surface area is 132 Å². The predicted molar refractivity (Wildman–Crippen MR) is 87.9 cm³/mol. The van der Waals surface area contributed by atoms with Gasteiger partial charge in [-0.05, 0) is 37.4 Å². The summed E-state index contributed by atoms with van der Waals surface area (Å²) in [6, 6.07) is 5.95. The third-order valence-electron chi connectivity index (χ3n) is 3.41. The minimum Gasteiger partial charge on any atom is -0.376 e. The van der Waals surface area contributed by atoms with E-state index in [9.17, 15) is 0 Å². The zero-order valence-electron chi connectivity index (χ0n) is 13.0. The lowest BCUT2D eigenvalue weighted by molar-refractivity contribution is -0.0340. The van der Waals surface area contributed by atoms with Gasteiger partial charge in [-0.3, -0.25) is 0 Å². The zero-order chi connectivity index (χ0) is 15.3. The topological polar surface area (TPSA) is 21.3 Å². The minimum absolute atomic E-state index is 0.0503. The van der Waals surface area contributed by atoms with Gasteiger partial charge in [0.05, 0.1) is 16.1 Å². The Morgan fingerprint density at radius 1 is 1.25 bits per heavy atom. The van der Waals surface area contributed by atoms with Crippen LogP contribution in [-0.2, 0) is 11.2 Å². The van der Waals surface area contributed by atoms with Crippen LogP contribution in [0.2, 0.25) is 10.0 Å². The van der Waals surface area contributed by atoms with Gasteiger partial charge in [0.2, 0.25) is 0 Å². The molecule has 4 heteroatoms. The van der Waals surface area contributed by atoms with Crippen molar-refractivity contribution >= 4 is 23.2 Å². The van der Waals surface area contributed by atoms with Gasteiger partial charge in [-0.15, -0.1) is 0 Å². The van der Waals surface area contributed by atoms with Gasteiger partial charge in [0, 0.05) is 12.6 Å². The van der Waals surface area contributed by atoms with Crippen molar-refractivity contribution in [1.29, 1.82) is 0 Å². The molecule has 0 saturated carbocycles. The number of halogens is 2. The van der Waals surface area contributed by atoms with Crippen LogP contribution in [0.15, 0.2) is 18.2 Å². The standard InChI is InChI=1S/C16H25Cl2NO/c1-6-20-15(16(2,3)4)13(19-5)10-11-8-7-9-12(17)14(11)18/h7-9,13,15,19H,6,10H2,1-5H3. The molecule has 114 valence electrons. The second-order valence-corrected chi connectivity index (χ2v) is 6.84. The SMILES string of the molecule is CCOC(C(Cc1cccc(Cl)c1Cl)NC)C(C)(C)C. The van der Waals surface area contributed by atoms with Gasteiger partial charge < -0.3 is 10.1 Å². The van der Waals surface area contributed by atoms with Crippen LogP contribution < -0.4 is 5.32 Å². The van der Waals surface area contributed by atoms with Crippen molar-refractivity contribution in [2.45, 2.75) is 46.3 Å². The average Bonchev–Trinajstić information content (AvgIpc) is 2.37. The summed E-state index contributed by atoms with van der Waals surface area (Å²) in [4.78, 5) is 0. The number of ether oxygens (including phenoxy) is 1. The third-order valence-corrected chi connectivity index (χ3v) is 4.27. The molecule has 0 bridgehead atoms. The van der Waals surface area contributed by atoms with E-state index < -0.39 is 0 Å². The van der Waals surface area contributed by atoms with Crippen LogP contribution in [0.25, 0.3) is 0 Å². The Kier molecular flexibility index (Phi) is 6.80. The van der Waals surface area contributed by atoms with E-state index in [-0.39, 0.29) is 17.6 Å². The summed E-state index contributed by atoms with van der Waals surface area (Å²) < 4.78 is 5.96. The van der Waals surface area contributed by atoms with Gasteiger partial charge in [0.1, 0.15) is 0 Å². The molecule has 0 aliphatic carbocycles. The van der Waals surface area contributed by atoms with E-state index in [1.165, 1.54) is 0 Å². The zero-order valence-corrected chi connectivity index (χ0v) is 14.5. The lowest BCUT2D eigenvalue weighted by Crippen LogP contribution is -2.48. The maximum atomic E-state index is 6.29. The first-order chi connectivity index (χ1) is 9.31. The highest BCUT2D eigenvalue weighted by molar-refractivity contribution is 6.42. The molecule has 2 atom stereocenters. The number of hydrogen-bond donors (Lipinski definition) is 1. The van der Waals surface area contributed by atoms with E-state index in [0.29, 0.717) is 16.7 Å². The van der Waals surface area contributed by atoms with Crippen LogP contribution in [0.4, 0.5) is 0 Å². The summed E-state index contributed by atoms with van der Waals surface area (Å²) in [6.07, 6.45) is 0.894. The fourth-order valence-electron chi connectivity index (χ4n) is 2.45. The maximum Gasteiger partial charge on any atom is 0.0779 e. The molecule has 0 fully saturated rings. The molecule has 2 unspecified atom stereocenters. The highest BCUT2D eigenvalue weighted by atomic mass is 35.5. The first kappa shape index (κ1) is 17.8. The van der Waals surface area contributed by atoms with E-state index in [2.05, 4.69) is 26.1 Å². The van der Waals surface area contributed by atoms with Crippen LogP contribution in [0.3, 0.4) is 0 Å². The minimum atomic E-state index is 0.0503. The summed E-state index contributed by atoms with van der Waals surface area (Å²) in [5.41, 5.74) is 1.10. The molecule has 2 nitrogen and oxygen atoms in total. The van der Waals surface area contributed by atoms with Gasteiger partial charge >= 0.3 is 0 Å². The molecule has 1 aromatic rings. The number of rotatable bonds is 6. The van der Waals surface area contributed by atoms with Gasteiger partial charge in [0.15, 0.2) is 0 Å². The largest absolute Gasteiger partial charge is 0.376 e. The lowest BCUT2D eigenvalue weighted by Gasteiger charge is -2.37. The van der Waals surface area contributed by atoms with Gasteiger partial charge in [-0.25, -0.2) is 0 Å². The third kappa shape index (κ3) is 4.63. The second-order valence-electron chi connectivity index (χ2n) is 6.05. The molecule has 0 radical (unpaired) electrons. The number of likely N-dealkylation sites (N-methyl/N-ethyl adjacent to an activating group) is 1. The van der Waals surface area contributed by atoms with E-state index in [4.69, 9.17) is 27.9 Å². The Morgan fingerprint density at radius 2 is 1.90 bits per heavy atom. The molecule has 0 saturated heterocycles. The van der Waals surface area contributed by atoms with Gasteiger partial charge in [-0.1, -0.05) is 56.1 Å². The lowest BCUT2D eigenvalue weighted by atomic mass is 9.82. The monoisotopic (exact) mass is 317 g/mol. The predicted octanol–water partition coefficient (Wildman–Crippen LogP) is 4.58. The van der Waals surface area contributed by atoms with Gasteiger partial charge in [-0.2, -0.15) is 0 Å². The number of nitrogens with one attached hydrogen (secondary N) is 1. The summed E-state index contributed by atoms with van der Waals surface area (Å²) in [7, 11) is 1.96. The molecule has 1 aromatic carbocycles. The summed E-state index contributed by atoms with van der Waals surface area (Å²) >= 11 is 12.4. The molecule has 0 aromatic heterocycles. The smallest absolute Gasteiger partial charge is 0.0779 e. The molecule has 0 heterocycles. The Balaban J connectivity index is 2.97. The molecule has 0 amide bonds. The number of benzene rings is 1. The number of hydrogen-bond acceptors (Lipinski definition) is 2. The van der Waals surface area contributed by atoms with Crippen LogP contribution in [0.1, 0.15) is 33.3 Å². The first-order valence-corrected chi connectivity index (χ1v) is 7.78.